The number of benzene rings is 1. The van der Waals surface area contributed by atoms with Gasteiger partial charge < -0.3 is 19.7 Å². The summed E-state index contributed by atoms with van der Waals surface area (Å²) < 4.78 is 12.4. The van der Waals surface area contributed by atoms with E-state index in [1.54, 1.807) is 31.1 Å². The van der Waals surface area contributed by atoms with Gasteiger partial charge in [0, 0.05) is 67.7 Å². The van der Waals surface area contributed by atoms with Gasteiger partial charge in [0.2, 0.25) is 5.95 Å². The van der Waals surface area contributed by atoms with Crippen molar-refractivity contribution in [2.24, 2.45) is 0 Å². The second kappa shape index (κ2) is 7.51. The number of fused-ring (bicyclic) bond motifs is 2. The first-order valence-electron chi connectivity index (χ1n) is 9.62. The predicted molar refractivity (Wildman–Crippen MR) is 113 cm³/mol. The minimum atomic E-state index is 0.471. The van der Waals surface area contributed by atoms with Crippen molar-refractivity contribution < 1.29 is 9.47 Å². The monoisotopic (exact) mass is 403 g/mol. The van der Waals surface area contributed by atoms with Gasteiger partial charge in [-0.3, -0.25) is 4.98 Å². The molecule has 3 aromatic heterocycles. The fourth-order valence-corrected chi connectivity index (χ4v) is 3.64. The van der Waals surface area contributed by atoms with Crippen molar-refractivity contribution in [3.05, 3.63) is 60.2 Å². The Morgan fingerprint density at radius 2 is 1.87 bits per heavy atom. The molecule has 30 heavy (non-hydrogen) atoms. The highest BCUT2D eigenvalue weighted by Gasteiger charge is 2.21. The van der Waals surface area contributed by atoms with E-state index in [1.165, 1.54) is 5.56 Å². The van der Waals surface area contributed by atoms with Crippen LogP contribution in [0.3, 0.4) is 0 Å². The predicted octanol–water partition coefficient (Wildman–Crippen LogP) is 2.84. The Kier molecular flexibility index (Phi) is 4.55. The third-order valence-corrected chi connectivity index (χ3v) is 5.11. The molecule has 0 fully saturated rings. The van der Waals surface area contributed by atoms with E-state index in [0.717, 1.165) is 36.7 Å². The third kappa shape index (κ3) is 3.34. The van der Waals surface area contributed by atoms with Gasteiger partial charge in [0.05, 0.1) is 14.2 Å². The Morgan fingerprint density at radius 1 is 1.03 bits per heavy atom. The van der Waals surface area contributed by atoms with Crippen LogP contribution in [0.1, 0.15) is 11.3 Å². The van der Waals surface area contributed by atoms with Crippen molar-refractivity contribution in [1.82, 2.24) is 24.6 Å². The van der Waals surface area contributed by atoms with Crippen LogP contribution >= 0.6 is 0 Å². The summed E-state index contributed by atoms with van der Waals surface area (Å²) in [6.07, 6.45) is 6.26. The van der Waals surface area contributed by atoms with E-state index in [1.807, 2.05) is 30.5 Å². The van der Waals surface area contributed by atoms with Gasteiger partial charge >= 0.3 is 0 Å². The minimum absolute atomic E-state index is 0.471. The van der Waals surface area contributed by atoms with Crippen LogP contribution < -0.4 is 19.7 Å². The number of nitrogens with one attached hydrogen (secondary N) is 1. The molecule has 1 aliphatic heterocycles. The van der Waals surface area contributed by atoms with Crippen LogP contribution in [-0.4, -0.2) is 45.3 Å². The largest absolute Gasteiger partial charge is 0.497 e. The standard InChI is InChI=1S/C21H21N7O2/c1-29-16-10-15(11-17(12-16)30-2)24-21-25-20-19(23-7-9-28(20)26-21)27-8-5-18-14(13-27)4-3-6-22-18/h3-4,6-7,9-12H,5,8,13H2,1-2H3,(H,24,26). The molecule has 0 unspecified atom stereocenters. The molecule has 4 aromatic rings. The highest BCUT2D eigenvalue weighted by molar-refractivity contribution is 5.68. The van der Waals surface area contributed by atoms with Gasteiger partial charge in [0.1, 0.15) is 11.5 Å². The maximum atomic E-state index is 5.33. The van der Waals surface area contributed by atoms with Crippen molar-refractivity contribution in [2.45, 2.75) is 13.0 Å². The zero-order valence-electron chi connectivity index (χ0n) is 16.7. The number of rotatable bonds is 5. The molecular weight excluding hydrogens is 382 g/mol. The molecule has 0 radical (unpaired) electrons. The first-order chi connectivity index (χ1) is 14.7. The second-order valence-corrected chi connectivity index (χ2v) is 6.96. The van der Waals surface area contributed by atoms with E-state index in [9.17, 15) is 0 Å². The first-order valence-corrected chi connectivity index (χ1v) is 9.62. The van der Waals surface area contributed by atoms with Crippen molar-refractivity contribution in [3.8, 4) is 11.5 Å². The summed E-state index contributed by atoms with van der Waals surface area (Å²) in [5.41, 5.74) is 3.84. The Hall–Kier alpha value is -3.88. The number of nitrogens with zero attached hydrogens (tertiary/aromatic N) is 6. The number of hydrogen-bond donors (Lipinski definition) is 1. The summed E-state index contributed by atoms with van der Waals surface area (Å²) >= 11 is 0. The molecule has 0 spiro atoms. The fraction of sp³-hybridized carbons (Fsp3) is 0.238. The molecule has 0 saturated heterocycles. The number of pyridine rings is 1. The number of hydrogen-bond acceptors (Lipinski definition) is 8. The molecule has 5 rings (SSSR count). The summed E-state index contributed by atoms with van der Waals surface area (Å²) in [5.74, 6) is 2.64. The molecule has 4 heterocycles. The molecule has 0 atom stereocenters. The average molecular weight is 403 g/mol. The molecule has 152 valence electrons. The van der Waals surface area contributed by atoms with Crippen LogP contribution in [0.5, 0.6) is 11.5 Å². The fourth-order valence-electron chi connectivity index (χ4n) is 3.64. The summed E-state index contributed by atoms with van der Waals surface area (Å²) in [6, 6.07) is 9.62. The van der Waals surface area contributed by atoms with Crippen LogP contribution in [0.15, 0.2) is 48.9 Å². The summed E-state index contributed by atoms with van der Waals surface area (Å²) in [5, 5.41) is 7.78. The molecule has 9 heteroatoms. The highest BCUT2D eigenvalue weighted by Crippen LogP contribution is 2.29. The number of methoxy groups -OCH3 is 2. The van der Waals surface area contributed by atoms with E-state index in [4.69, 9.17) is 9.47 Å². The molecule has 0 amide bonds. The highest BCUT2D eigenvalue weighted by atomic mass is 16.5. The van der Waals surface area contributed by atoms with Gasteiger partial charge in [-0.15, -0.1) is 5.10 Å². The summed E-state index contributed by atoms with van der Waals surface area (Å²) in [7, 11) is 3.23. The molecule has 9 nitrogen and oxygen atoms in total. The van der Waals surface area contributed by atoms with Gasteiger partial charge in [-0.1, -0.05) is 6.07 Å². The van der Waals surface area contributed by atoms with Crippen LogP contribution in [0.25, 0.3) is 5.65 Å². The smallest absolute Gasteiger partial charge is 0.247 e. The molecule has 1 aliphatic rings. The van der Waals surface area contributed by atoms with Crippen LogP contribution in [0.2, 0.25) is 0 Å². The van der Waals surface area contributed by atoms with Crippen molar-refractivity contribution >= 4 is 23.1 Å². The maximum absolute atomic E-state index is 5.33. The third-order valence-electron chi connectivity index (χ3n) is 5.11. The normalized spacial score (nSPS) is 13.2. The minimum Gasteiger partial charge on any atom is -0.497 e. The van der Waals surface area contributed by atoms with Crippen LogP contribution in [-0.2, 0) is 13.0 Å². The molecule has 1 N–H and O–H groups in total. The van der Waals surface area contributed by atoms with Crippen molar-refractivity contribution in [3.63, 3.8) is 0 Å². The first kappa shape index (κ1) is 18.2. The zero-order valence-corrected chi connectivity index (χ0v) is 16.7. The molecule has 1 aromatic carbocycles. The lowest BCUT2D eigenvalue weighted by Crippen LogP contribution is -2.32. The van der Waals surface area contributed by atoms with Gasteiger partial charge in [-0.25, -0.2) is 9.50 Å². The van der Waals surface area contributed by atoms with E-state index in [-0.39, 0.29) is 0 Å². The van der Waals surface area contributed by atoms with Crippen molar-refractivity contribution in [1.29, 1.82) is 0 Å². The van der Waals surface area contributed by atoms with E-state index < -0.39 is 0 Å². The lowest BCUT2D eigenvalue weighted by Gasteiger charge is -2.28. The molecule has 0 saturated carbocycles. The molecular formula is C21H21N7O2. The van der Waals surface area contributed by atoms with E-state index in [2.05, 4.69) is 36.3 Å². The van der Waals surface area contributed by atoms with Crippen molar-refractivity contribution in [2.75, 3.05) is 31.0 Å². The van der Waals surface area contributed by atoms with E-state index in [0.29, 0.717) is 23.1 Å². The van der Waals surface area contributed by atoms with Gasteiger partial charge in [0.25, 0.3) is 0 Å². The lowest BCUT2D eigenvalue weighted by molar-refractivity contribution is 0.395. The van der Waals surface area contributed by atoms with Crippen LogP contribution in [0, 0.1) is 0 Å². The molecule has 0 aliphatic carbocycles. The Morgan fingerprint density at radius 3 is 2.67 bits per heavy atom. The van der Waals surface area contributed by atoms with Crippen LogP contribution in [0.4, 0.5) is 17.5 Å². The zero-order chi connectivity index (χ0) is 20.5. The van der Waals surface area contributed by atoms with Gasteiger partial charge in [-0.2, -0.15) is 4.98 Å². The quantitative estimate of drug-likeness (QED) is 0.544. The molecule has 0 bridgehead atoms. The Labute approximate surface area is 173 Å². The van der Waals surface area contributed by atoms with Gasteiger partial charge in [0.15, 0.2) is 11.5 Å². The maximum Gasteiger partial charge on any atom is 0.247 e. The summed E-state index contributed by atoms with van der Waals surface area (Å²) in [4.78, 5) is 16.0. The number of anilines is 3. The SMILES string of the molecule is COc1cc(Nc2nc3c(N4CCc5ncccc5C4)nccn3n2)cc(OC)c1. The average Bonchev–Trinajstić information content (AvgIpc) is 3.20. The Balaban J connectivity index is 1.46. The number of ether oxygens (including phenoxy) is 2. The lowest BCUT2D eigenvalue weighted by atomic mass is 10.1. The topological polar surface area (TPSA) is 89.7 Å². The Bertz CT molecular complexity index is 1180. The van der Waals surface area contributed by atoms with E-state index >= 15 is 0 Å². The second-order valence-electron chi connectivity index (χ2n) is 6.96. The number of aromatic nitrogens is 5. The summed E-state index contributed by atoms with van der Waals surface area (Å²) in [6.45, 7) is 1.58. The van der Waals surface area contributed by atoms with Gasteiger partial charge in [-0.05, 0) is 11.6 Å².